The van der Waals surface area contributed by atoms with Gasteiger partial charge in [-0.1, -0.05) is 224 Å². The topological polar surface area (TPSA) is 51.8 Å². The first kappa shape index (κ1) is 19.4. The molecule has 358 valence electrons. The maximum Gasteiger partial charge on any atom is 0.238 e. The van der Waals surface area contributed by atoms with Crippen LogP contribution in [-0.2, 0) is 0 Å². The molecule has 0 saturated carbocycles. The minimum atomic E-state index is -6.77. The first-order valence-electron chi connectivity index (χ1n) is 42.9. The molecule has 0 atom stereocenters. The summed E-state index contributed by atoms with van der Waals surface area (Å²) in [6.07, 6.45) is 0. The van der Waals surface area contributed by atoms with Gasteiger partial charge in [-0.3, -0.25) is 4.57 Å². The highest BCUT2D eigenvalue weighted by atomic mass is 28.3. The van der Waals surface area contributed by atoms with Crippen molar-refractivity contribution in [3.8, 4) is 34.4 Å². The molecule has 3 aromatic heterocycles. The van der Waals surface area contributed by atoms with E-state index in [1.807, 2.05) is 0 Å². The Balaban J connectivity index is 1.28. The predicted molar refractivity (Wildman–Crippen MR) is 318 cm³/mol. The smallest absolute Gasteiger partial charge is 0.238 e. The standard InChI is InChI=1S/C69H48N6Si/c1-6-26-50(27-7-1)73(51-28-8-2-9-29-51)52-45-46-60-59-39-18-22-43-64(59)75(66(60)48-52)69-71-67(70-68(72-69)61-40-19-23-44-65(61)74-62-41-20-16-37-57(62)58-38-17-21-42-63(58)74)49-25-24-36-56(47-49)76(53-30-10-3-11-31-53,54-32-12-4-13-33-54)55-34-14-5-15-35-55/h1-48H/i1D,3D,4D,5D,6D,7D,10D,11D,12D,13D,14D,15D,16D,17D,18D,19D,20D,21D,22D,23D,24D,25D,26D,27D,30D,31D,32D,33D,34D,35D,36D,37D,38D,39D,41D,42D,43D,44D,45D,46D,47D. The van der Waals surface area contributed by atoms with Crippen LogP contribution in [0.4, 0.5) is 17.1 Å². The Hall–Kier alpha value is -9.95. The number of fused-ring (bicyclic) bond motifs is 6. The molecule has 14 aromatic rings. The van der Waals surface area contributed by atoms with Crippen LogP contribution in [0.2, 0.25) is 0 Å². The molecule has 0 amide bonds. The fraction of sp³-hybridized carbons (Fsp3) is 0. The van der Waals surface area contributed by atoms with Gasteiger partial charge in [0.15, 0.2) is 19.7 Å². The van der Waals surface area contributed by atoms with Gasteiger partial charge >= 0.3 is 0 Å². The Bertz CT molecular complexity index is 6570. The van der Waals surface area contributed by atoms with Gasteiger partial charge in [0.05, 0.1) is 84.0 Å². The van der Waals surface area contributed by atoms with E-state index in [1.54, 1.807) is 0 Å². The lowest BCUT2D eigenvalue weighted by molar-refractivity contribution is 0.951. The van der Waals surface area contributed by atoms with Gasteiger partial charge in [0, 0.05) is 49.7 Å². The largest absolute Gasteiger partial charge is 0.310 e. The van der Waals surface area contributed by atoms with E-state index in [1.165, 1.54) is 30.3 Å². The van der Waals surface area contributed by atoms with E-state index in [9.17, 15) is 41.1 Å². The minimum Gasteiger partial charge on any atom is -0.310 e. The van der Waals surface area contributed by atoms with Gasteiger partial charge in [-0.25, -0.2) is 4.98 Å². The second kappa shape index (κ2) is 18.8. The lowest BCUT2D eigenvalue weighted by Crippen LogP contribution is -2.74. The number of anilines is 3. The number of rotatable bonds is 11. The van der Waals surface area contributed by atoms with Crippen molar-refractivity contribution in [1.29, 1.82) is 0 Å². The predicted octanol–water partition coefficient (Wildman–Crippen LogP) is 14.2. The van der Waals surface area contributed by atoms with E-state index in [4.69, 9.17) is 30.0 Å². The van der Waals surface area contributed by atoms with Crippen molar-refractivity contribution < 1.29 is 56.2 Å². The number of nitrogens with zero attached hydrogens (tertiary/aromatic N) is 6. The summed E-state index contributed by atoms with van der Waals surface area (Å²) in [6.45, 7) is 0. The fourth-order valence-electron chi connectivity index (χ4n) is 8.95. The molecule has 0 aliphatic carbocycles. The quantitative estimate of drug-likeness (QED) is 0.0957. The van der Waals surface area contributed by atoms with Crippen LogP contribution in [-0.4, -0.2) is 32.2 Å². The first-order chi connectivity index (χ1) is 54.7. The van der Waals surface area contributed by atoms with Crippen molar-refractivity contribution in [1.82, 2.24) is 24.1 Å². The average Bonchev–Trinajstić information content (AvgIpc) is 1.58. The number of benzene rings is 11. The molecular formula is C69H48N6Si. The van der Waals surface area contributed by atoms with E-state index >= 15 is 0 Å². The zero-order valence-electron chi connectivity index (χ0n) is 79.2. The molecule has 7 heteroatoms. The molecule has 0 bridgehead atoms. The van der Waals surface area contributed by atoms with Crippen molar-refractivity contribution in [2.24, 2.45) is 0 Å². The van der Waals surface area contributed by atoms with Gasteiger partial charge < -0.3 is 9.47 Å². The van der Waals surface area contributed by atoms with Gasteiger partial charge in [0.25, 0.3) is 0 Å². The maximum absolute atomic E-state index is 10.9. The third kappa shape index (κ3) is 7.43. The molecule has 14 rings (SSSR count). The Morgan fingerprint density at radius 2 is 0.855 bits per heavy atom. The van der Waals surface area contributed by atoms with Crippen LogP contribution in [0.15, 0.2) is 290 Å². The summed E-state index contributed by atoms with van der Waals surface area (Å²) in [7, 11) is -6.77. The van der Waals surface area contributed by atoms with E-state index < -0.39 is 366 Å². The lowest BCUT2D eigenvalue weighted by Gasteiger charge is -2.34. The van der Waals surface area contributed by atoms with E-state index in [0.717, 1.165) is 21.6 Å². The molecule has 76 heavy (non-hydrogen) atoms. The molecule has 0 radical (unpaired) electrons. The highest BCUT2D eigenvalue weighted by Gasteiger charge is 2.41. The summed E-state index contributed by atoms with van der Waals surface area (Å²) in [5.74, 6) is -3.57. The van der Waals surface area contributed by atoms with Crippen LogP contribution in [0.25, 0.3) is 78.0 Å². The van der Waals surface area contributed by atoms with Gasteiger partial charge in [-0.05, 0) is 87.3 Å². The fourth-order valence-corrected chi connectivity index (χ4v) is 12.5. The number of para-hydroxylation sites is 6. The van der Waals surface area contributed by atoms with Crippen LogP contribution < -0.4 is 25.6 Å². The summed E-state index contributed by atoms with van der Waals surface area (Å²) in [4.78, 5) is 15.3. The molecule has 6 nitrogen and oxygen atoms in total. The molecule has 0 aliphatic rings. The zero-order valence-corrected chi connectivity index (χ0v) is 39.2. The Labute approximate surface area is 499 Å². The van der Waals surface area contributed by atoms with Gasteiger partial charge in [-0.2, -0.15) is 9.97 Å². The van der Waals surface area contributed by atoms with Crippen molar-refractivity contribution in [3.63, 3.8) is 0 Å². The SMILES string of the molecule is [2H]c1cc(-c2nc(-c3c([2H])c([2H])c([2H])c([Si](c4c([2H])c([2H])c([2H])c([2H])c4[2H])(c4c([2H])c([2H])c([2H])c([2H])c4[2H])c4c([2H])c([2H])c([2H])c([2H])c4[2H])c3[2H])nc(-n3c4cc(N(c5ccccc5)c5c([2H])c([2H])c([2H])c([2H])c5[2H])c([2H])c([2H])c4c4c([2H])c([2H])c([2H])c([2H])c43)n2)c(-n2c3c([2H])c([2H])c([2H])c([2H])c3c3c([2H])c([2H])c([2H])c([2H])c32)c([2H])c1[2H]. The third-order valence-electron chi connectivity index (χ3n) is 12.1. The highest BCUT2D eigenvalue weighted by molar-refractivity contribution is 7.19. The second-order valence-electron chi connectivity index (χ2n) is 16.1. The third-order valence-corrected chi connectivity index (χ3v) is 16.1. The van der Waals surface area contributed by atoms with Crippen molar-refractivity contribution in [2.45, 2.75) is 0 Å². The van der Waals surface area contributed by atoms with E-state index in [-0.39, 0.29) is 5.69 Å². The zero-order chi connectivity index (χ0) is 86.1. The number of hydrogen-bond donors (Lipinski definition) is 0. The van der Waals surface area contributed by atoms with E-state index in [0.29, 0.717) is 4.57 Å². The normalized spacial score (nSPS) is 19.2. The molecule has 0 fully saturated rings. The molecular weight excluding hydrogens is 941 g/mol. The van der Waals surface area contributed by atoms with Crippen LogP contribution in [0.1, 0.15) is 56.2 Å². The molecule has 3 heterocycles. The second-order valence-corrected chi connectivity index (χ2v) is 19.6. The van der Waals surface area contributed by atoms with Crippen LogP contribution >= 0.6 is 0 Å². The van der Waals surface area contributed by atoms with Crippen LogP contribution in [0.3, 0.4) is 0 Å². The van der Waals surface area contributed by atoms with Crippen LogP contribution in [0.5, 0.6) is 0 Å². The van der Waals surface area contributed by atoms with Gasteiger partial charge in [0.1, 0.15) is 0 Å². The number of hydrogen-bond acceptors (Lipinski definition) is 4. The molecule has 0 aliphatic heterocycles. The summed E-state index contributed by atoms with van der Waals surface area (Å²) < 4.78 is 387. The summed E-state index contributed by atoms with van der Waals surface area (Å²) in [5.41, 5.74) is -7.38. The van der Waals surface area contributed by atoms with Crippen molar-refractivity contribution in [3.05, 3.63) is 290 Å². The monoisotopic (exact) mass is 1030 g/mol. The number of aromatic nitrogens is 5. The summed E-state index contributed by atoms with van der Waals surface area (Å²) >= 11 is 0. The highest BCUT2D eigenvalue weighted by Crippen LogP contribution is 2.41. The molecule has 0 spiro atoms. The van der Waals surface area contributed by atoms with Crippen molar-refractivity contribution >= 4 is 89.5 Å². The molecule has 0 unspecified atom stereocenters. The summed E-state index contributed by atoms with van der Waals surface area (Å²) in [6, 6.07) is -38.5. The molecule has 0 N–H and O–H groups in total. The molecule has 11 aromatic carbocycles. The molecule has 0 saturated heterocycles. The van der Waals surface area contributed by atoms with Crippen molar-refractivity contribution in [2.75, 3.05) is 4.90 Å². The lowest BCUT2D eigenvalue weighted by atomic mass is 10.1. The van der Waals surface area contributed by atoms with Crippen LogP contribution in [0, 0.1) is 0 Å². The Morgan fingerprint density at radius 1 is 0.355 bits per heavy atom. The first-order valence-corrected chi connectivity index (χ1v) is 24.4. The Kier molecular flexibility index (Phi) is 4.80. The Morgan fingerprint density at radius 3 is 1.46 bits per heavy atom. The minimum absolute atomic E-state index is 0.0799. The average molecular weight is 1030 g/mol. The van der Waals surface area contributed by atoms with E-state index in [2.05, 4.69) is 0 Å². The summed E-state index contributed by atoms with van der Waals surface area (Å²) in [5, 5.41) is -7.83. The van der Waals surface area contributed by atoms with Gasteiger partial charge in [0.2, 0.25) is 5.95 Å². The maximum atomic E-state index is 10.9. The van der Waals surface area contributed by atoms with Gasteiger partial charge in [-0.15, -0.1) is 0 Å².